The highest BCUT2D eigenvalue weighted by atomic mass is 19.1. The molecular formula is C58H93FN6O17. The molecule has 0 radical (unpaired) electrons. The first-order valence-electron chi connectivity index (χ1n) is 28.9. The summed E-state index contributed by atoms with van der Waals surface area (Å²) in [7, 11) is 6.96. The lowest BCUT2D eigenvalue weighted by Crippen LogP contribution is -2.61. The third-order valence-electron chi connectivity index (χ3n) is 17.3. The van der Waals surface area contributed by atoms with E-state index in [4.69, 9.17) is 33.2 Å². The molecule has 0 bridgehead atoms. The number of esters is 2. The average molecular weight is 1170 g/mol. The van der Waals surface area contributed by atoms with E-state index in [0.29, 0.717) is 25.0 Å². The number of nitrogens with one attached hydrogen (secondary N) is 3. The second-order valence-corrected chi connectivity index (χ2v) is 24.5. The minimum atomic E-state index is -1.89. The second kappa shape index (κ2) is 27.7. The molecule has 8 N–H and O–H groups in total. The Labute approximate surface area is 480 Å². The minimum absolute atomic E-state index is 0.0121. The van der Waals surface area contributed by atoms with Gasteiger partial charge in [0.25, 0.3) is 0 Å². The van der Waals surface area contributed by atoms with Crippen molar-refractivity contribution in [3.63, 3.8) is 0 Å². The van der Waals surface area contributed by atoms with Crippen LogP contribution < -0.4 is 21.4 Å². The van der Waals surface area contributed by atoms with Crippen molar-refractivity contribution in [1.82, 2.24) is 25.0 Å². The maximum absolute atomic E-state index is 15.2. The molecule has 3 aliphatic heterocycles. The summed E-state index contributed by atoms with van der Waals surface area (Å²) in [4.78, 5) is 69.2. The molecular weight excluding hydrogens is 1070 g/mol. The van der Waals surface area contributed by atoms with E-state index in [1.807, 2.05) is 44.8 Å². The zero-order valence-corrected chi connectivity index (χ0v) is 50.3. The van der Waals surface area contributed by atoms with Crippen molar-refractivity contribution in [2.75, 3.05) is 66.3 Å². The Morgan fingerprint density at radius 1 is 0.939 bits per heavy atom. The molecule has 6 rings (SSSR count). The number of benzene rings is 1. The third kappa shape index (κ3) is 15.7. The van der Waals surface area contributed by atoms with Crippen molar-refractivity contribution in [3.05, 3.63) is 39.9 Å². The monoisotopic (exact) mass is 1160 g/mol. The number of anilines is 1. The lowest BCUT2D eigenvalue weighted by Gasteiger charge is -2.49. The standard InChI is InChI=1S/C58H93FN6O17/c1-15-43-58(10,75)50(70)34(6)64(13)28-30(2)25-56(8,74)51(82-55-48(69)42(63(11)12)22-31(3)77-55)32(4)49(33(5)54(73)79-43)81-46-26-57(9,76-14)52(35(7)78-46)80-45(67)27-62-44(66)18-19-60-20-21-61-40-24-41-37(23-39(40)59)47(68)38(53(71)72)29-65(41)36-16-17-36/h23-24,29-36,42-43,46,48-52,55,60-61,69-70,74-75H,15-22,25-28H2,1-14H3,(H,62,66)(H,71,72)/t30-,31-,32-,33-,34-,35+,42+,43+,46+,48-,49+,50-,51-,52+,55+,56-,57-,58-/m1/s1. The van der Waals surface area contributed by atoms with Gasteiger partial charge < -0.3 is 89.0 Å². The highest BCUT2D eigenvalue weighted by Gasteiger charge is 2.54. The molecule has 23 nitrogen and oxygen atoms in total. The summed E-state index contributed by atoms with van der Waals surface area (Å²) in [5.41, 5.74) is -5.43. The van der Waals surface area contributed by atoms with Gasteiger partial charge in [-0.15, -0.1) is 0 Å². The van der Waals surface area contributed by atoms with Gasteiger partial charge in [0, 0.05) is 81.8 Å². The molecule has 1 aliphatic carbocycles. The van der Waals surface area contributed by atoms with E-state index >= 15 is 4.39 Å². The van der Waals surface area contributed by atoms with Crippen LogP contribution in [0.2, 0.25) is 0 Å². The first kappa shape index (κ1) is 66.7. The Morgan fingerprint density at radius 3 is 2.24 bits per heavy atom. The van der Waals surface area contributed by atoms with Crippen molar-refractivity contribution in [1.29, 1.82) is 0 Å². The molecule has 1 saturated carbocycles. The number of pyridine rings is 1. The number of aliphatic hydroxyl groups excluding tert-OH is 2. The fraction of sp³-hybridized carbons (Fsp3) is 0.776. The van der Waals surface area contributed by atoms with Gasteiger partial charge >= 0.3 is 17.9 Å². The maximum atomic E-state index is 15.2. The van der Waals surface area contributed by atoms with Crippen LogP contribution in [-0.4, -0.2) is 215 Å². The number of rotatable bonds is 19. The average Bonchev–Trinajstić information content (AvgIpc) is 2.73. The smallest absolute Gasteiger partial charge is 0.341 e. The molecule has 1 aromatic carbocycles. The van der Waals surface area contributed by atoms with E-state index in [1.54, 1.807) is 53.0 Å². The number of halogens is 1. The minimum Gasteiger partial charge on any atom is -0.477 e. The molecule has 1 amide bonds. The molecule has 4 fully saturated rings. The van der Waals surface area contributed by atoms with Crippen LogP contribution >= 0.6 is 0 Å². The number of ether oxygens (including phenoxy) is 7. The van der Waals surface area contributed by atoms with Crippen LogP contribution in [0.15, 0.2) is 23.1 Å². The van der Waals surface area contributed by atoms with Gasteiger partial charge in [-0.1, -0.05) is 20.8 Å². The molecule has 4 aliphatic rings. The fourth-order valence-corrected chi connectivity index (χ4v) is 12.3. The zero-order valence-electron chi connectivity index (χ0n) is 50.3. The normalized spacial score (nSPS) is 36.5. The van der Waals surface area contributed by atoms with Gasteiger partial charge in [-0.25, -0.2) is 9.18 Å². The Kier molecular flexibility index (Phi) is 22.6. The predicted octanol–water partition coefficient (Wildman–Crippen LogP) is 3.15. The molecule has 82 heavy (non-hydrogen) atoms. The van der Waals surface area contributed by atoms with E-state index < -0.39 is 137 Å². The van der Waals surface area contributed by atoms with E-state index in [9.17, 15) is 49.5 Å². The first-order chi connectivity index (χ1) is 38.3. The van der Waals surface area contributed by atoms with Crippen molar-refractivity contribution in [2.24, 2.45) is 17.8 Å². The number of hydrogen-bond donors (Lipinski definition) is 8. The number of carbonyl (C=O) groups excluding carboxylic acids is 3. The largest absolute Gasteiger partial charge is 0.477 e. The molecule has 18 atom stereocenters. The molecule has 4 heterocycles. The van der Waals surface area contributed by atoms with Gasteiger partial charge in [-0.3, -0.25) is 19.2 Å². The summed E-state index contributed by atoms with van der Waals surface area (Å²) < 4.78 is 61.4. The Morgan fingerprint density at radius 2 is 1.62 bits per heavy atom. The van der Waals surface area contributed by atoms with Crippen LogP contribution in [0.25, 0.3) is 10.9 Å². The van der Waals surface area contributed by atoms with Crippen LogP contribution in [-0.2, 0) is 47.5 Å². The van der Waals surface area contributed by atoms with Crippen LogP contribution in [0.4, 0.5) is 10.1 Å². The summed E-state index contributed by atoms with van der Waals surface area (Å²) in [5, 5.41) is 66.3. The molecule has 464 valence electrons. The van der Waals surface area contributed by atoms with Crippen molar-refractivity contribution in [2.45, 2.75) is 211 Å². The Hall–Kier alpha value is -4.44. The molecule has 24 heteroatoms. The Bertz CT molecular complexity index is 2580. The fourth-order valence-electron chi connectivity index (χ4n) is 12.3. The molecule has 2 aromatic rings. The van der Waals surface area contributed by atoms with Gasteiger partial charge in [0.1, 0.15) is 47.4 Å². The van der Waals surface area contributed by atoms with Crippen LogP contribution in [0.3, 0.4) is 0 Å². The summed E-state index contributed by atoms with van der Waals surface area (Å²) in [6.07, 6.45) is -6.84. The third-order valence-corrected chi connectivity index (χ3v) is 17.3. The lowest BCUT2D eigenvalue weighted by atomic mass is 9.77. The topological polar surface area (TPSA) is 299 Å². The van der Waals surface area contributed by atoms with Crippen molar-refractivity contribution >= 4 is 40.4 Å². The number of aromatic carboxylic acids is 1. The molecule has 0 spiro atoms. The van der Waals surface area contributed by atoms with Gasteiger partial charge in [0.15, 0.2) is 18.7 Å². The van der Waals surface area contributed by atoms with Crippen LogP contribution in [0, 0.1) is 23.6 Å². The number of aliphatic hydroxyl groups is 4. The lowest BCUT2D eigenvalue weighted by molar-refractivity contribution is -0.318. The van der Waals surface area contributed by atoms with Gasteiger partial charge in [-0.2, -0.15) is 0 Å². The highest BCUT2D eigenvalue weighted by Crippen LogP contribution is 2.42. The van der Waals surface area contributed by atoms with Gasteiger partial charge in [-0.05, 0) is 120 Å². The second-order valence-electron chi connectivity index (χ2n) is 24.5. The van der Waals surface area contributed by atoms with Gasteiger partial charge in [0.05, 0.1) is 47.1 Å². The quantitative estimate of drug-likeness (QED) is 0.0740. The maximum Gasteiger partial charge on any atom is 0.341 e. The summed E-state index contributed by atoms with van der Waals surface area (Å²) in [5.74, 6) is -6.33. The number of likely N-dealkylation sites (N-methyl/N-ethyl adjacent to an activating group) is 2. The first-order valence-corrected chi connectivity index (χ1v) is 28.9. The number of carbonyl (C=O) groups is 4. The summed E-state index contributed by atoms with van der Waals surface area (Å²) >= 11 is 0. The highest BCUT2D eigenvalue weighted by molar-refractivity contribution is 5.93. The molecule has 1 aromatic heterocycles. The number of hydrogen-bond acceptors (Lipinski definition) is 20. The number of amides is 1. The van der Waals surface area contributed by atoms with Crippen LogP contribution in [0.1, 0.15) is 131 Å². The van der Waals surface area contributed by atoms with Crippen molar-refractivity contribution < 1.29 is 82.3 Å². The zero-order chi connectivity index (χ0) is 60.9. The molecule has 3 saturated heterocycles. The number of cyclic esters (lactones) is 1. The van der Waals surface area contributed by atoms with Crippen LogP contribution in [0.5, 0.6) is 0 Å². The van der Waals surface area contributed by atoms with Gasteiger partial charge in [0.2, 0.25) is 11.3 Å². The van der Waals surface area contributed by atoms with E-state index in [1.165, 1.54) is 26.3 Å². The number of carboxylic acid groups (broad SMARTS) is 1. The van der Waals surface area contributed by atoms with E-state index in [2.05, 4.69) is 16.0 Å². The molecule has 0 unspecified atom stereocenters. The Balaban J connectivity index is 1.12. The number of fused-ring (bicyclic) bond motifs is 1. The summed E-state index contributed by atoms with van der Waals surface area (Å²) in [6, 6.07) is 1.62. The summed E-state index contributed by atoms with van der Waals surface area (Å²) in [6.45, 7) is 17.9. The SMILES string of the molecule is CC[C@@H]1OC(=O)[C@H](C)[C@@H](O[C@H]2C[C@@](C)(OC)[C@@H](OC(=O)CNC(=O)CCNCCNc3cc4c(cc3F)c(=O)c(C(=O)O)cn4C3CC3)[C@H](C)O2)[C@@H](C)[C@@H](O[C@@H]2O[C@H](C)C[C@H](N(C)C)[C@H]2O)[C@](C)(O)C[C@@H](C)CN(C)[C@H](C)[C@@H](O)[C@]1(C)O. The number of methoxy groups -OCH3 is 1. The number of carboxylic acids is 1. The van der Waals surface area contributed by atoms with E-state index in [0.717, 1.165) is 18.9 Å². The number of nitrogens with zero attached hydrogens (tertiary/aromatic N) is 3. The number of aromatic nitrogens is 1. The predicted molar refractivity (Wildman–Crippen MR) is 300 cm³/mol. The van der Waals surface area contributed by atoms with E-state index in [-0.39, 0.29) is 74.0 Å². The van der Waals surface area contributed by atoms with Crippen molar-refractivity contribution in [3.8, 4) is 0 Å².